The van der Waals surface area contributed by atoms with Gasteiger partial charge in [-0.2, -0.15) is 0 Å². The number of hydrogen-bond donors (Lipinski definition) is 0. The monoisotopic (exact) mass is 738 g/mol. The second-order valence-corrected chi connectivity index (χ2v) is 14.7. The number of fused-ring (bicyclic) bond motifs is 5. The highest BCUT2D eigenvalue weighted by Gasteiger charge is 2.12. The zero-order chi connectivity index (χ0) is 38.4. The zero-order valence-electron chi connectivity index (χ0n) is 31.4. The van der Waals surface area contributed by atoms with E-state index in [-0.39, 0.29) is 0 Å². The minimum Gasteiger partial charge on any atom is -0.254 e. The highest BCUT2D eigenvalue weighted by atomic mass is 14.7. The van der Waals surface area contributed by atoms with Crippen molar-refractivity contribution in [1.29, 1.82) is 0 Å². The van der Waals surface area contributed by atoms with Crippen molar-refractivity contribution in [2.75, 3.05) is 0 Å². The number of rotatable bonds is 6. The van der Waals surface area contributed by atoms with Crippen LogP contribution in [0.5, 0.6) is 0 Å². The molecule has 0 spiro atoms. The first-order valence-electron chi connectivity index (χ1n) is 19.5. The van der Waals surface area contributed by atoms with Gasteiger partial charge in [-0.25, -0.2) is 9.97 Å². The summed E-state index contributed by atoms with van der Waals surface area (Å²) in [7, 11) is 0. The molecule has 4 aromatic heterocycles. The minimum absolute atomic E-state index is 0.915. The predicted octanol–water partition coefficient (Wildman–Crippen LogP) is 13.9. The van der Waals surface area contributed by atoms with Gasteiger partial charge in [0.05, 0.1) is 33.5 Å². The van der Waals surface area contributed by atoms with Crippen LogP contribution in [0.2, 0.25) is 0 Å². The largest absolute Gasteiger partial charge is 0.254 e. The third kappa shape index (κ3) is 6.14. The molecule has 0 N–H and O–H groups in total. The molecule has 270 valence electrons. The van der Waals surface area contributed by atoms with Crippen LogP contribution in [0.15, 0.2) is 207 Å². The molecule has 0 aliphatic heterocycles. The number of pyridine rings is 4. The van der Waals surface area contributed by atoms with Crippen molar-refractivity contribution in [2.24, 2.45) is 0 Å². The van der Waals surface area contributed by atoms with Crippen LogP contribution in [0.4, 0.5) is 0 Å². The Morgan fingerprint density at radius 3 is 1.47 bits per heavy atom. The van der Waals surface area contributed by atoms with E-state index in [1.54, 1.807) is 0 Å². The Hall–Kier alpha value is -7.82. The van der Waals surface area contributed by atoms with Gasteiger partial charge in [0.15, 0.2) is 0 Å². The van der Waals surface area contributed by atoms with Crippen molar-refractivity contribution < 1.29 is 0 Å². The maximum atomic E-state index is 5.22. The molecule has 0 saturated carbocycles. The molecule has 11 rings (SSSR count). The molecule has 4 nitrogen and oxygen atoms in total. The van der Waals surface area contributed by atoms with E-state index >= 15 is 0 Å². The average molecular weight is 739 g/mol. The Kier molecular flexibility index (Phi) is 8.11. The Bertz CT molecular complexity index is 3260. The SMILES string of the molecule is c1ccc(-c2cc(-c3ccccc3)cc(-c3ccc4ccc(-c5ccc6ccc(-c7ccc(-c8ccnc9c8ccc8cccnc89)cc7)nc6c5)nc4c3)c2)cc1. The van der Waals surface area contributed by atoms with Gasteiger partial charge < -0.3 is 0 Å². The van der Waals surface area contributed by atoms with Crippen LogP contribution in [-0.4, -0.2) is 19.9 Å². The first-order valence-corrected chi connectivity index (χ1v) is 19.5. The van der Waals surface area contributed by atoms with E-state index in [0.717, 1.165) is 88.4 Å². The molecule has 0 fully saturated rings. The Balaban J connectivity index is 0.922. The number of aromatic nitrogens is 4. The van der Waals surface area contributed by atoms with Crippen LogP contribution in [0.3, 0.4) is 0 Å². The summed E-state index contributed by atoms with van der Waals surface area (Å²) in [5.41, 5.74) is 17.0. The van der Waals surface area contributed by atoms with Crippen LogP contribution in [0.1, 0.15) is 0 Å². The van der Waals surface area contributed by atoms with Crippen molar-refractivity contribution >= 4 is 43.6 Å². The lowest BCUT2D eigenvalue weighted by Crippen LogP contribution is -1.90. The van der Waals surface area contributed by atoms with Crippen LogP contribution in [0.25, 0.3) is 111 Å². The molecule has 58 heavy (non-hydrogen) atoms. The van der Waals surface area contributed by atoms with Gasteiger partial charge in [-0.05, 0) is 99.1 Å². The summed E-state index contributed by atoms with van der Waals surface area (Å²) in [6.45, 7) is 0. The molecule has 0 unspecified atom stereocenters. The average Bonchev–Trinajstić information content (AvgIpc) is 3.31. The molecule has 0 radical (unpaired) electrons. The fraction of sp³-hybridized carbons (Fsp3) is 0. The molecule has 7 aromatic carbocycles. The van der Waals surface area contributed by atoms with Crippen molar-refractivity contribution in [1.82, 2.24) is 19.9 Å². The van der Waals surface area contributed by atoms with Crippen LogP contribution >= 0.6 is 0 Å². The molecule has 4 heterocycles. The lowest BCUT2D eigenvalue weighted by Gasteiger charge is -2.12. The second-order valence-electron chi connectivity index (χ2n) is 14.7. The third-order valence-corrected chi connectivity index (χ3v) is 11.1. The topological polar surface area (TPSA) is 51.6 Å². The number of hydrogen-bond acceptors (Lipinski definition) is 4. The smallest absolute Gasteiger partial charge is 0.0970 e. The summed E-state index contributed by atoms with van der Waals surface area (Å²) >= 11 is 0. The van der Waals surface area contributed by atoms with Crippen molar-refractivity contribution in [2.45, 2.75) is 0 Å². The van der Waals surface area contributed by atoms with Gasteiger partial charge in [0.2, 0.25) is 0 Å². The Morgan fingerprint density at radius 1 is 0.276 bits per heavy atom. The summed E-state index contributed by atoms with van der Waals surface area (Å²) in [6.07, 6.45) is 3.70. The minimum atomic E-state index is 0.915. The van der Waals surface area contributed by atoms with Crippen LogP contribution in [0, 0.1) is 0 Å². The summed E-state index contributed by atoms with van der Waals surface area (Å²) in [5.74, 6) is 0. The molecule has 0 amide bonds. The van der Waals surface area contributed by atoms with Gasteiger partial charge in [-0.15, -0.1) is 0 Å². The van der Waals surface area contributed by atoms with Crippen molar-refractivity contribution in [3.8, 4) is 67.0 Å². The number of benzene rings is 7. The molecular formula is C54H34N4. The van der Waals surface area contributed by atoms with Gasteiger partial charge in [-0.1, -0.05) is 140 Å². The maximum Gasteiger partial charge on any atom is 0.0970 e. The summed E-state index contributed by atoms with van der Waals surface area (Å²) < 4.78 is 0. The van der Waals surface area contributed by atoms with Crippen LogP contribution in [-0.2, 0) is 0 Å². The molecular weight excluding hydrogens is 705 g/mol. The molecule has 0 atom stereocenters. The summed E-state index contributed by atoms with van der Waals surface area (Å²) in [6, 6.07) is 68.6. The molecule has 11 aromatic rings. The van der Waals surface area contributed by atoms with E-state index < -0.39 is 0 Å². The van der Waals surface area contributed by atoms with E-state index in [4.69, 9.17) is 15.0 Å². The van der Waals surface area contributed by atoms with Gasteiger partial charge in [0, 0.05) is 45.1 Å². The van der Waals surface area contributed by atoms with E-state index in [1.807, 2.05) is 18.5 Å². The lowest BCUT2D eigenvalue weighted by molar-refractivity contribution is 1.37. The van der Waals surface area contributed by atoms with E-state index in [0.29, 0.717) is 0 Å². The van der Waals surface area contributed by atoms with Gasteiger partial charge >= 0.3 is 0 Å². The quantitative estimate of drug-likeness (QED) is 0.159. The van der Waals surface area contributed by atoms with Crippen molar-refractivity contribution in [3.63, 3.8) is 0 Å². The van der Waals surface area contributed by atoms with Crippen LogP contribution < -0.4 is 0 Å². The lowest BCUT2D eigenvalue weighted by atomic mass is 9.93. The zero-order valence-corrected chi connectivity index (χ0v) is 31.4. The molecule has 4 heteroatoms. The molecule has 0 saturated heterocycles. The summed E-state index contributed by atoms with van der Waals surface area (Å²) in [4.78, 5) is 19.7. The van der Waals surface area contributed by atoms with Gasteiger partial charge in [0.25, 0.3) is 0 Å². The highest BCUT2D eigenvalue weighted by molar-refractivity contribution is 6.08. The normalized spacial score (nSPS) is 11.4. The maximum absolute atomic E-state index is 5.22. The first-order chi connectivity index (χ1) is 28.7. The standard InChI is InChI=1S/C54H34N4/c1-3-8-35(9-4-1)44-30-45(36-10-5-2-6-11-36)32-46(31-44)42-19-17-39-23-26-50(58-51(39)33-42)43-20-18-40-22-25-49(57-52(40)34-43)38-15-13-37(14-16-38)47-27-29-56-54-48(47)24-21-41-12-7-28-55-53(41)54/h1-34H. The van der Waals surface area contributed by atoms with E-state index in [9.17, 15) is 0 Å². The summed E-state index contributed by atoms with van der Waals surface area (Å²) in [5, 5.41) is 4.36. The molecule has 0 aliphatic carbocycles. The molecule has 0 aliphatic rings. The van der Waals surface area contributed by atoms with Crippen molar-refractivity contribution in [3.05, 3.63) is 207 Å². The molecule has 0 bridgehead atoms. The second kappa shape index (κ2) is 14.0. The van der Waals surface area contributed by atoms with Gasteiger partial charge in [-0.3, -0.25) is 9.97 Å². The predicted molar refractivity (Wildman–Crippen MR) is 240 cm³/mol. The fourth-order valence-corrected chi connectivity index (χ4v) is 8.11. The third-order valence-electron chi connectivity index (χ3n) is 11.1. The Morgan fingerprint density at radius 2 is 0.793 bits per heavy atom. The van der Waals surface area contributed by atoms with E-state index in [1.165, 1.54) is 22.3 Å². The first kappa shape index (κ1) is 33.5. The van der Waals surface area contributed by atoms with E-state index in [2.05, 4.69) is 193 Å². The van der Waals surface area contributed by atoms with Gasteiger partial charge in [0.1, 0.15) is 0 Å². The fourth-order valence-electron chi connectivity index (χ4n) is 8.11. The Labute approximate surface area is 335 Å². The highest BCUT2D eigenvalue weighted by Crippen LogP contribution is 2.36. The number of nitrogens with zero attached hydrogens (tertiary/aromatic N) is 4.